The van der Waals surface area contributed by atoms with Crippen molar-refractivity contribution < 1.29 is 4.79 Å². The van der Waals surface area contributed by atoms with Crippen LogP contribution in [0.4, 0.5) is 5.69 Å². The van der Waals surface area contributed by atoms with Gasteiger partial charge in [0.05, 0.1) is 6.42 Å². The highest BCUT2D eigenvalue weighted by atomic mass is 35.5. The molecule has 1 atom stereocenters. The van der Waals surface area contributed by atoms with E-state index in [9.17, 15) is 4.79 Å². The van der Waals surface area contributed by atoms with Crippen LogP contribution in [0, 0.1) is 5.92 Å². The first kappa shape index (κ1) is 12.9. The Kier molecular flexibility index (Phi) is 3.50. The highest BCUT2D eigenvalue weighted by Gasteiger charge is 2.29. The summed E-state index contributed by atoms with van der Waals surface area (Å²) in [6, 6.07) is 6.44. The summed E-state index contributed by atoms with van der Waals surface area (Å²) in [4.78, 5) is 14.0. The Labute approximate surface area is 118 Å². The number of rotatable bonds is 5. The lowest BCUT2D eigenvalue weighted by atomic mass is 10.1. The summed E-state index contributed by atoms with van der Waals surface area (Å²) < 4.78 is 0. The Bertz CT molecular complexity index is 499. The summed E-state index contributed by atoms with van der Waals surface area (Å²) in [5, 5.41) is 4.21. The van der Waals surface area contributed by atoms with E-state index in [4.69, 9.17) is 11.6 Å². The molecular formula is C15H19ClN2O. The molecule has 19 heavy (non-hydrogen) atoms. The van der Waals surface area contributed by atoms with Crippen LogP contribution >= 0.6 is 11.6 Å². The standard InChI is InChI=1S/C15H19ClN2O/c1-10(8-17-13-4-5-13)9-18-14-7-12(16)3-2-11(14)6-15(18)19/h2-3,7,10,13,17H,4-6,8-9H2,1H3. The predicted octanol–water partition coefficient (Wildman–Crippen LogP) is 2.62. The molecule has 0 aromatic heterocycles. The van der Waals surface area contributed by atoms with Crippen molar-refractivity contribution >= 4 is 23.2 Å². The van der Waals surface area contributed by atoms with Gasteiger partial charge in [0.25, 0.3) is 0 Å². The molecule has 1 fully saturated rings. The van der Waals surface area contributed by atoms with Crippen molar-refractivity contribution in [1.29, 1.82) is 0 Å². The fourth-order valence-electron chi connectivity index (χ4n) is 2.56. The number of benzene rings is 1. The smallest absolute Gasteiger partial charge is 0.231 e. The topological polar surface area (TPSA) is 32.3 Å². The molecule has 3 nitrogen and oxygen atoms in total. The monoisotopic (exact) mass is 278 g/mol. The molecule has 0 spiro atoms. The van der Waals surface area contributed by atoms with Gasteiger partial charge in [-0.3, -0.25) is 4.79 Å². The van der Waals surface area contributed by atoms with Gasteiger partial charge in [-0.1, -0.05) is 24.6 Å². The maximum Gasteiger partial charge on any atom is 0.231 e. The van der Waals surface area contributed by atoms with Crippen LogP contribution in [0.5, 0.6) is 0 Å². The lowest BCUT2D eigenvalue weighted by Gasteiger charge is -2.22. The minimum absolute atomic E-state index is 0.190. The molecule has 1 aromatic rings. The zero-order valence-corrected chi connectivity index (χ0v) is 11.9. The lowest BCUT2D eigenvalue weighted by molar-refractivity contribution is -0.117. The molecule has 3 rings (SSSR count). The molecule has 0 saturated heterocycles. The normalized spacial score (nSPS) is 19.7. The third kappa shape index (κ3) is 2.93. The van der Waals surface area contributed by atoms with Crippen LogP contribution in [0.15, 0.2) is 18.2 Å². The molecule has 102 valence electrons. The van der Waals surface area contributed by atoms with Crippen LogP contribution in [-0.2, 0) is 11.2 Å². The van der Waals surface area contributed by atoms with Gasteiger partial charge < -0.3 is 10.2 Å². The molecule has 0 radical (unpaired) electrons. The van der Waals surface area contributed by atoms with Gasteiger partial charge in [-0.15, -0.1) is 0 Å². The molecule has 1 amide bonds. The van der Waals surface area contributed by atoms with Gasteiger partial charge in [-0.2, -0.15) is 0 Å². The second-order valence-corrected chi connectivity index (χ2v) is 6.18. The Morgan fingerprint density at radius 3 is 3.00 bits per heavy atom. The molecule has 1 aliphatic carbocycles. The Morgan fingerprint density at radius 1 is 1.47 bits per heavy atom. The first-order valence-corrected chi connectivity index (χ1v) is 7.33. The maximum atomic E-state index is 12.1. The largest absolute Gasteiger partial charge is 0.314 e. The molecule has 1 heterocycles. The summed E-state index contributed by atoms with van der Waals surface area (Å²) in [5.41, 5.74) is 2.09. The average molecular weight is 279 g/mol. The first-order valence-electron chi connectivity index (χ1n) is 6.95. The molecule has 1 saturated carbocycles. The van der Waals surface area contributed by atoms with Crippen LogP contribution in [0.2, 0.25) is 5.02 Å². The number of anilines is 1. The lowest BCUT2D eigenvalue weighted by Crippen LogP contribution is -2.35. The molecule has 1 aromatic carbocycles. The zero-order valence-electron chi connectivity index (χ0n) is 11.2. The van der Waals surface area contributed by atoms with Crippen LogP contribution in [0.1, 0.15) is 25.3 Å². The molecule has 4 heteroatoms. The van der Waals surface area contributed by atoms with E-state index in [1.165, 1.54) is 12.8 Å². The van der Waals surface area contributed by atoms with E-state index < -0.39 is 0 Å². The molecular weight excluding hydrogens is 260 g/mol. The van der Waals surface area contributed by atoms with Crippen LogP contribution < -0.4 is 10.2 Å². The summed E-state index contributed by atoms with van der Waals surface area (Å²) in [7, 11) is 0. The van der Waals surface area contributed by atoms with Gasteiger partial charge >= 0.3 is 0 Å². The van der Waals surface area contributed by atoms with Crippen molar-refractivity contribution in [3.05, 3.63) is 28.8 Å². The number of nitrogens with zero attached hydrogens (tertiary/aromatic N) is 1. The van der Waals surface area contributed by atoms with E-state index >= 15 is 0 Å². The van der Waals surface area contributed by atoms with E-state index in [0.717, 1.165) is 30.4 Å². The van der Waals surface area contributed by atoms with Crippen molar-refractivity contribution in [2.45, 2.75) is 32.2 Å². The van der Waals surface area contributed by atoms with Gasteiger partial charge in [0, 0.05) is 23.3 Å². The Hall–Kier alpha value is -1.06. The summed E-state index contributed by atoms with van der Waals surface area (Å²) in [6.07, 6.45) is 3.11. The molecule has 1 aliphatic heterocycles. The van der Waals surface area contributed by atoms with Crippen molar-refractivity contribution in [2.24, 2.45) is 5.92 Å². The number of halogens is 1. The summed E-state index contributed by atoms with van der Waals surface area (Å²) >= 11 is 6.03. The van der Waals surface area contributed by atoms with Crippen molar-refractivity contribution in [3.63, 3.8) is 0 Å². The fourth-order valence-corrected chi connectivity index (χ4v) is 2.73. The minimum Gasteiger partial charge on any atom is -0.314 e. The van der Waals surface area contributed by atoms with Crippen LogP contribution in [0.25, 0.3) is 0 Å². The van der Waals surface area contributed by atoms with Crippen LogP contribution in [-0.4, -0.2) is 25.0 Å². The quantitative estimate of drug-likeness (QED) is 0.898. The van der Waals surface area contributed by atoms with Crippen molar-refractivity contribution in [3.8, 4) is 0 Å². The highest BCUT2D eigenvalue weighted by molar-refractivity contribution is 6.31. The molecule has 2 aliphatic rings. The van der Waals surface area contributed by atoms with Gasteiger partial charge in [-0.05, 0) is 43.0 Å². The third-order valence-corrected chi connectivity index (χ3v) is 4.04. The molecule has 1 N–H and O–H groups in total. The Balaban J connectivity index is 1.66. The molecule has 1 unspecified atom stereocenters. The fraction of sp³-hybridized carbons (Fsp3) is 0.533. The number of amides is 1. The zero-order chi connectivity index (χ0) is 13.4. The number of fused-ring (bicyclic) bond motifs is 1. The third-order valence-electron chi connectivity index (χ3n) is 3.81. The van der Waals surface area contributed by atoms with E-state index in [-0.39, 0.29) is 5.91 Å². The maximum absolute atomic E-state index is 12.1. The predicted molar refractivity (Wildman–Crippen MR) is 77.7 cm³/mol. The second kappa shape index (κ2) is 5.14. The Morgan fingerprint density at radius 2 is 2.26 bits per heavy atom. The van der Waals surface area contributed by atoms with E-state index in [1.54, 1.807) is 0 Å². The number of carbonyl (C=O) groups excluding carboxylic acids is 1. The number of hydrogen-bond donors (Lipinski definition) is 1. The van der Waals surface area contributed by atoms with Crippen LogP contribution in [0.3, 0.4) is 0 Å². The number of carbonyl (C=O) groups is 1. The minimum atomic E-state index is 0.190. The van der Waals surface area contributed by atoms with E-state index in [1.807, 2.05) is 23.1 Å². The van der Waals surface area contributed by atoms with Crippen molar-refractivity contribution in [2.75, 3.05) is 18.0 Å². The van der Waals surface area contributed by atoms with Crippen molar-refractivity contribution in [1.82, 2.24) is 5.32 Å². The molecule has 0 bridgehead atoms. The van der Waals surface area contributed by atoms with Gasteiger partial charge in [0.1, 0.15) is 0 Å². The highest BCUT2D eigenvalue weighted by Crippen LogP contribution is 2.32. The second-order valence-electron chi connectivity index (χ2n) is 5.74. The van der Waals surface area contributed by atoms with E-state index in [2.05, 4.69) is 12.2 Å². The average Bonchev–Trinajstić information content (AvgIpc) is 3.15. The number of hydrogen-bond acceptors (Lipinski definition) is 2. The van der Waals surface area contributed by atoms with Gasteiger partial charge in [-0.25, -0.2) is 0 Å². The first-order chi connectivity index (χ1) is 9.13. The SMILES string of the molecule is CC(CNC1CC1)CN1C(=O)Cc2ccc(Cl)cc21. The van der Waals surface area contributed by atoms with E-state index in [0.29, 0.717) is 17.4 Å². The van der Waals surface area contributed by atoms with Gasteiger partial charge in [0.2, 0.25) is 5.91 Å². The number of nitrogens with one attached hydrogen (secondary N) is 1. The van der Waals surface area contributed by atoms with Gasteiger partial charge in [0.15, 0.2) is 0 Å². The summed E-state index contributed by atoms with van der Waals surface area (Å²) in [5.74, 6) is 0.644. The summed E-state index contributed by atoms with van der Waals surface area (Å²) in [6.45, 7) is 3.93.